The molecule has 0 spiro atoms. The number of benzene rings is 2. The summed E-state index contributed by atoms with van der Waals surface area (Å²) in [6.07, 6.45) is 4.05. The van der Waals surface area contributed by atoms with Crippen molar-refractivity contribution >= 4 is 23.4 Å². The lowest BCUT2D eigenvalue weighted by Crippen LogP contribution is -2.28. The molecule has 4 rings (SSSR count). The van der Waals surface area contributed by atoms with Gasteiger partial charge in [0.25, 0.3) is 0 Å². The van der Waals surface area contributed by atoms with Gasteiger partial charge in [-0.25, -0.2) is 4.79 Å². The van der Waals surface area contributed by atoms with Gasteiger partial charge >= 0.3 is 12.1 Å². The van der Waals surface area contributed by atoms with Crippen LogP contribution < -0.4 is 20.5 Å². The molecule has 2 aromatic rings. The number of carbonyl (C=O) groups is 2. The first-order valence-electron chi connectivity index (χ1n) is 14.3. The van der Waals surface area contributed by atoms with Gasteiger partial charge in [0.05, 0.1) is 25.4 Å². The largest absolute Gasteiger partial charge is 0.499 e. The lowest BCUT2D eigenvalue weighted by atomic mass is 9.99. The third-order valence-corrected chi connectivity index (χ3v) is 6.35. The fraction of sp³-hybridized carbons (Fsp3) is 0.500. The minimum Gasteiger partial charge on any atom is -0.499 e. The Morgan fingerprint density at radius 3 is 2.12 bits per heavy atom. The number of nitrogens with one attached hydrogen (secondary N) is 1. The molecule has 41 heavy (non-hydrogen) atoms. The Bertz CT molecular complexity index is 1210. The van der Waals surface area contributed by atoms with Crippen molar-refractivity contribution in [2.45, 2.75) is 91.0 Å². The maximum atomic E-state index is 11.8. The average Bonchev–Trinajstić information content (AvgIpc) is 2.88. The van der Waals surface area contributed by atoms with Gasteiger partial charge in [0.1, 0.15) is 29.3 Å². The molecule has 2 heterocycles. The summed E-state index contributed by atoms with van der Waals surface area (Å²) >= 11 is 0. The van der Waals surface area contributed by atoms with Crippen LogP contribution in [0.2, 0.25) is 0 Å². The molecule has 0 aliphatic carbocycles. The van der Waals surface area contributed by atoms with Crippen LogP contribution in [0.4, 0.5) is 16.2 Å². The molecule has 0 aromatic heterocycles. The standard InChI is InChI=1S/C18H25NO5.C14H19NO2/c1-5-22-16(20)11-14-8-6-12-10-13(7-9-15(12)23-14)19-17(21)24-18(2,3)4;1-3-16-10(2)8-13-6-4-11-9-12(15)5-7-14(11)17-13/h7,9-10,14H,5-6,8,11H2,1-4H3,(H,19,21);5,7,9,13H,2-4,6,8,15H2,1H3. The molecule has 9 nitrogen and oxygen atoms in total. The van der Waals surface area contributed by atoms with Gasteiger partial charge in [-0.1, -0.05) is 6.58 Å². The molecule has 0 saturated carbocycles. The molecule has 2 unspecified atom stereocenters. The maximum Gasteiger partial charge on any atom is 0.412 e. The summed E-state index contributed by atoms with van der Waals surface area (Å²) in [6, 6.07) is 11.2. The molecule has 2 aliphatic rings. The Kier molecular flexibility index (Phi) is 11.3. The average molecular weight is 569 g/mol. The van der Waals surface area contributed by atoms with E-state index >= 15 is 0 Å². The predicted molar refractivity (Wildman–Crippen MR) is 159 cm³/mol. The molecule has 1 amide bonds. The first kappa shape index (κ1) is 31.6. The van der Waals surface area contributed by atoms with E-state index in [-0.39, 0.29) is 24.6 Å². The predicted octanol–water partition coefficient (Wildman–Crippen LogP) is 6.58. The Morgan fingerprint density at radius 1 is 0.927 bits per heavy atom. The van der Waals surface area contributed by atoms with Gasteiger partial charge in [0.2, 0.25) is 0 Å². The highest BCUT2D eigenvalue weighted by Gasteiger charge is 2.24. The minimum absolute atomic E-state index is 0.166. The lowest BCUT2D eigenvalue weighted by molar-refractivity contribution is -0.145. The number of esters is 1. The van der Waals surface area contributed by atoms with Crippen LogP contribution in [0.5, 0.6) is 11.5 Å². The summed E-state index contributed by atoms with van der Waals surface area (Å²) in [5, 5.41) is 2.72. The zero-order valence-electron chi connectivity index (χ0n) is 24.9. The SMILES string of the molecule is C=C(CC1CCc2cc(N)ccc2O1)OCC.CCOC(=O)CC1CCc2cc(NC(=O)OC(C)(C)C)ccc2O1. The van der Waals surface area contributed by atoms with E-state index in [2.05, 4.69) is 11.9 Å². The fourth-order valence-electron chi connectivity index (χ4n) is 4.62. The van der Waals surface area contributed by atoms with Crippen molar-refractivity contribution in [3.63, 3.8) is 0 Å². The first-order valence-corrected chi connectivity index (χ1v) is 14.3. The smallest absolute Gasteiger partial charge is 0.412 e. The quantitative estimate of drug-likeness (QED) is 0.208. The topological polar surface area (TPSA) is 118 Å². The molecule has 224 valence electrons. The van der Waals surface area contributed by atoms with E-state index in [1.807, 2.05) is 52.0 Å². The number of anilines is 2. The van der Waals surface area contributed by atoms with Crippen molar-refractivity contribution in [1.82, 2.24) is 0 Å². The fourth-order valence-corrected chi connectivity index (χ4v) is 4.62. The zero-order chi connectivity index (χ0) is 30.0. The molecule has 0 saturated heterocycles. The van der Waals surface area contributed by atoms with E-state index in [0.717, 1.165) is 60.6 Å². The number of hydrogen-bond donors (Lipinski definition) is 2. The van der Waals surface area contributed by atoms with Crippen LogP contribution in [-0.4, -0.2) is 43.1 Å². The Morgan fingerprint density at radius 2 is 1.51 bits per heavy atom. The Hall–Kier alpha value is -3.88. The third-order valence-electron chi connectivity index (χ3n) is 6.35. The van der Waals surface area contributed by atoms with E-state index in [1.54, 1.807) is 19.1 Å². The van der Waals surface area contributed by atoms with Gasteiger partial charge in [-0.15, -0.1) is 0 Å². The number of carbonyl (C=O) groups excluding carboxylic acids is 2. The van der Waals surface area contributed by atoms with Gasteiger partial charge in [0, 0.05) is 17.8 Å². The normalized spacial score (nSPS) is 17.2. The van der Waals surface area contributed by atoms with Gasteiger partial charge in [-0.05, 0) is 108 Å². The molecule has 2 atom stereocenters. The van der Waals surface area contributed by atoms with Crippen molar-refractivity contribution in [3.05, 3.63) is 59.9 Å². The van der Waals surface area contributed by atoms with Crippen LogP contribution >= 0.6 is 0 Å². The van der Waals surface area contributed by atoms with Crippen LogP contribution in [0.1, 0.15) is 71.4 Å². The van der Waals surface area contributed by atoms with Gasteiger partial charge in [-0.2, -0.15) is 0 Å². The maximum absolute atomic E-state index is 11.8. The lowest BCUT2D eigenvalue weighted by Gasteiger charge is -2.26. The number of amides is 1. The summed E-state index contributed by atoms with van der Waals surface area (Å²) in [5.41, 5.74) is 8.87. The van der Waals surface area contributed by atoms with Crippen LogP contribution in [0.25, 0.3) is 0 Å². The van der Waals surface area contributed by atoms with Crippen LogP contribution in [-0.2, 0) is 31.8 Å². The summed E-state index contributed by atoms with van der Waals surface area (Å²) < 4.78 is 27.3. The van der Waals surface area contributed by atoms with Gasteiger partial charge in [0.15, 0.2) is 0 Å². The third kappa shape index (κ3) is 10.6. The number of nitrogens with two attached hydrogens (primary N) is 1. The number of nitrogen functional groups attached to an aromatic ring is 1. The van der Waals surface area contributed by atoms with Crippen LogP contribution in [0.3, 0.4) is 0 Å². The second-order valence-corrected chi connectivity index (χ2v) is 11.1. The zero-order valence-corrected chi connectivity index (χ0v) is 24.9. The van der Waals surface area contributed by atoms with E-state index in [1.165, 1.54) is 5.56 Å². The number of aryl methyl sites for hydroxylation is 2. The van der Waals surface area contributed by atoms with Crippen molar-refractivity contribution in [3.8, 4) is 11.5 Å². The number of rotatable bonds is 8. The van der Waals surface area contributed by atoms with Gasteiger partial charge < -0.3 is 29.4 Å². The summed E-state index contributed by atoms with van der Waals surface area (Å²) in [6.45, 7) is 14.1. The van der Waals surface area contributed by atoms with E-state index in [0.29, 0.717) is 18.9 Å². The number of hydrogen-bond acceptors (Lipinski definition) is 8. The number of ether oxygens (including phenoxy) is 5. The van der Waals surface area contributed by atoms with Crippen LogP contribution in [0, 0.1) is 0 Å². The highest BCUT2D eigenvalue weighted by Crippen LogP contribution is 2.32. The van der Waals surface area contributed by atoms with E-state index in [4.69, 9.17) is 29.4 Å². The van der Waals surface area contributed by atoms with E-state index < -0.39 is 11.7 Å². The molecule has 0 bridgehead atoms. The Labute approximate surface area is 243 Å². The summed E-state index contributed by atoms with van der Waals surface area (Å²) in [5.74, 6) is 2.25. The monoisotopic (exact) mass is 568 g/mol. The molecule has 9 heteroatoms. The molecule has 3 N–H and O–H groups in total. The van der Waals surface area contributed by atoms with E-state index in [9.17, 15) is 9.59 Å². The van der Waals surface area contributed by atoms with Crippen molar-refractivity contribution in [1.29, 1.82) is 0 Å². The highest BCUT2D eigenvalue weighted by molar-refractivity contribution is 5.85. The second-order valence-electron chi connectivity index (χ2n) is 11.1. The van der Waals surface area contributed by atoms with Crippen molar-refractivity contribution in [2.75, 3.05) is 24.3 Å². The van der Waals surface area contributed by atoms with Crippen molar-refractivity contribution in [2.24, 2.45) is 0 Å². The number of fused-ring (bicyclic) bond motifs is 2. The first-order chi connectivity index (χ1) is 19.5. The molecular weight excluding hydrogens is 524 g/mol. The molecule has 2 aromatic carbocycles. The molecular formula is C32H44N2O7. The van der Waals surface area contributed by atoms with Crippen molar-refractivity contribution < 1.29 is 33.3 Å². The molecule has 0 fully saturated rings. The highest BCUT2D eigenvalue weighted by atomic mass is 16.6. The minimum atomic E-state index is -0.540. The Balaban J connectivity index is 0.000000239. The second kappa shape index (κ2) is 14.7. The van der Waals surface area contributed by atoms with Crippen LogP contribution in [0.15, 0.2) is 48.7 Å². The molecule has 0 radical (unpaired) electrons. The summed E-state index contributed by atoms with van der Waals surface area (Å²) in [7, 11) is 0. The molecule has 2 aliphatic heterocycles. The summed E-state index contributed by atoms with van der Waals surface area (Å²) in [4.78, 5) is 23.4. The van der Waals surface area contributed by atoms with Gasteiger partial charge in [-0.3, -0.25) is 10.1 Å².